The molecule has 0 saturated carbocycles. The Labute approximate surface area is 137 Å². The highest BCUT2D eigenvalue weighted by molar-refractivity contribution is 5.79. The Morgan fingerprint density at radius 1 is 1.00 bits per heavy atom. The lowest BCUT2D eigenvalue weighted by molar-refractivity contribution is 0.239. The van der Waals surface area contributed by atoms with E-state index in [0.29, 0.717) is 6.61 Å². The number of para-hydroxylation sites is 1. The van der Waals surface area contributed by atoms with Gasteiger partial charge in [-0.2, -0.15) is 0 Å². The minimum Gasteiger partial charge on any atom is -0.372 e. The molecule has 1 aliphatic rings. The molecule has 1 atom stereocenters. The lowest BCUT2D eigenvalue weighted by Gasteiger charge is -2.29. The van der Waals surface area contributed by atoms with Crippen LogP contribution in [0.25, 0.3) is 5.57 Å². The van der Waals surface area contributed by atoms with Crippen molar-refractivity contribution in [1.82, 2.24) is 0 Å². The van der Waals surface area contributed by atoms with Gasteiger partial charge in [-0.15, -0.1) is 0 Å². The average Bonchev–Trinajstić information content (AvgIpc) is 2.63. The normalized spacial score (nSPS) is 16.5. The summed E-state index contributed by atoms with van der Waals surface area (Å²) in [5.74, 6) is 6.33. The number of hydrogen-bond donors (Lipinski definition) is 0. The Kier molecular flexibility index (Phi) is 4.93. The maximum absolute atomic E-state index is 5.03. The maximum atomic E-state index is 5.03. The summed E-state index contributed by atoms with van der Waals surface area (Å²) < 4.78 is 5.03. The molecule has 0 bridgehead atoms. The lowest BCUT2D eigenvalue weighted by Crippen LogP contribution is -2.30. The van der Waals surface area contributed by atoms with Crippen molar-refractivity contribution >= 4 is 11.3 Å². The molecule has 1 heterocycles. The van der Waals surface area contributed by atoms with E-state index in [2.05, 4.69) is 71.5 Å². The SMILES string of the molecule is COCC#CC1C=CC(c2ccccc2)=CN1c1ccccc1. The number of benzene rings is 2. The predicted octanol–water partition coefficient (Wildman–Crippen LogP) is 4.12. The first-order valence-electron chi connectivity index (χ1n) is 7.64. The van der Waals surface area contributed by atoms with Gasteiger partial charge >= 0.3 is 0 Å². The van der Waals surface area contributed by atoms with E-state index in [0.717, 1.165) is 5.69 Å². The zero-order valence-corrected chi connectivity index (χ0v) is 13.1. The van der Waals surface area contributed by atoms with Gasteiger partial charge in [-0.1, -0.05) is 66.4 Å². The standard InChI is InChI=1S/C21H19NO/c1-23-16-8-13-21-15-14-19(18-9-4-2-5-10-18)17-22(21)20-11-6-3-7-12-20/h2-7,9-12,14-15,17,21H,16H2,1H3. The molecule has 0 amide bonds. The van der Waals surface area contributed by atoms with E-state index >= 15 is 0 Å². The van der Waals surface area contributed by atoms with Gasteiger partial charge in [-0.25, -0.2) is 0 Å². The van der Waals surface area contributed by atoms with E-state index in [9.17, 15) is 0 Å². The Morgan fingerprint density at radius 3 is 2.39 bits per heavy atom. The third-order valence-electron chi connectivity index (χ3n) is 3.66. The van der Waals surface area contributed by atoms with Crippen LogP contribution in [0.4, 0.5) is 5.69 Å². The fraction of sp³-hybridized carbons (Fsp3) is 0.143. The third kappa shape index (κ3) is 3.71. The van der Waals surface area contributed by atoms with Crippen LogP contribution in [-0.4, -0.2) is 19.8 Å². The van der Waals surface area contributed by atoms with Crippen molar-refractivity contribution in [2.24, 2.45) is 0 Å². The van der Waals surface area contributed by atoms with Gasteiger partial charge in [-0.05, 0) is 29.3 Å². The summed E-state index contributed by atoms with van der Waals surface area (Å²) in [5.41, 5.74) is 3.51. The Hall–Kier alpha value is -2.76. The van der Waals surface area contributed by atoms with Gasteiger partial charge in [0.15, 0.2) is 0 Å². The lowest BCUT2D eigenvalue weighted by atomic mass is 10.0. The first kappa shape index (κ1) is 15.1. The molecule has 2 nitrogen and oxygen atoms in total. The maximum Gasteiger partial charge on any atom is 0.113 e. The van der Waals surface area contributed by atoms with Crippen LogP contribution in [0.2, 0.25) is 0 Å². The van der Waals surface area contributed by atoms with Gasteiger partial charge in [0.05, 0.1) is 0 Å². The van der Waals surface area contributed by atoms with E-state index in [-0.39, 0.29) is 6.04 Å². The summed E-state index contributed by atoms with van der Waals surface area (Å²) in [6, 6.07) is 20.7. The van der Waals surface area contributed by atoms with Crippen molar-refractivity contribution in [1.29, 1.82) is 0 Å². The zero-order valence-electron chi connectivity index (χ0n) is 13.1. The molecule has 2 heteroatoms. The second kappa shape index (κ2) is 7.49. The quantitative estimate of drug-likeness (QED) is 0.791. The first-order chi connectivity index (χ1) is 11.4. The number of ether oxygens (including phenoxy) is 1. The van der Waals surface area contributed by atoms with Gasteiger partial charge < -0.3 is 9.64 Å². The van der Waals surface area contributed by atoms with Gasteiger partial charge in [0.2, 0.25) is 0 Å². The summed E-state index contributed by atoms with van der Waals surface area (Å²) >= 11 is 0. The van der Waals surface area contributed by atoms with Crippen LogP contribution in [0.1, 0.15) is 5.56 Å². The van der Waals surface area contributed by atoms with Crippen molar-refractivity contribution in [3.63, 3.8) is 0 Å². The molecule has 2 aromatic rings. The van der Waals surface area contributed by atoms with Crippen LogP contribution < -0.4 is 4.90 Å². The highest BCUT2D eigenvalue weighted by atomic mass is 16.5. The monoisotopic (exact) mass is 301 g/mol. The van der Waals surface area contributed by atoms with Crippen molar-refractivity contribution in [2.45, 2.75) is 6.04 Å². The zero-order chi connectivity index (χ0) is 15.9. The molecule has 0 saturated heterocycles. The number of hydrogen-bond acceptors (Lipinski definition) is 2. The highest BCUT2D eigenvalue weighted by Gasteiger charge is 2.17. The summed E-state index contributed by atoms with van der Waals surface area (Å²) in [6.45, 7) is 0.447. The van der Waals surface area contributed by atoms with Crippen LogP contribution in [0.3, 0.4) is 0 Å². The molecule has 1 unspecified atom stereocenters. The molecular weight excluding hydrogens is 282 g/mol. The number of anilines is 1. The molecular formula is C21H19NO. The minimum atomic E-state index is 0.0139. The molecule has 2 aromatic carbocycles. The van der Waals surface area contributed by atoms with E-state index in [1.807, 2.05) is 24.3 Å². The molecule has 114 valence electrons. The van der Waals surface area contributed by atoms with Crippen LogP contribution in [0.5, 0.6) is 0 Å². The number of rotatable bonds is 3. The fourth-order valence-corrected chi connectivity index (χ4v) is 2.53. The topological polar surface area (TPSA) is 12.5 Å². The summed E-state index contributed by atoms with van der Waals surface area (Å²) in [4.78, 5) is 2.20. The van der Waals surface area contributed by atoms with Gasteiger partial charge in [0.25, 0.3) is 0 Å². The Balaban J connectivity index is 1.95. The molecule has 0 spiro atoms. The number of allylic oxidation sites excluding steroid dienone is 2. The molecule has 0 aromatic heterocycles. The van der Waals surface area contributed by atoms with Crippen molar-refractivity contribution in [3.8, 4) is 11.8 Å². The van der Waals surface area contributed by atoms with Crippen LogP contribution >= 0.6 is 0 Å². The van der Waals surface area contributed by atoms with Gasteiger partial charge in [0, 0.05) is 19.0 Å². The molecule has 0 aliphatic carbocycles. The Morgan fingerprint density at radius 2 is 1.70 bits per heavy atom. The number of methoxy groups -OCH3 is 1. The molecule has 0 fully saturated rings. The van der Waals surface area contributed by atoms with Gasteiger partial charge in [0.1, 0.15) is 12.6 Å². The first-order valence-corrected chi connectivity index (χ1v) is 7.64. The second-order valence-corrected chi connectivity index (χ2v) is 5.25. The van der Waals surface area contributed by atoms with Crippen LogP contribution in [-0.2, 0) is 4.74 Å². The number of nitrogens with zero attached hydrogens (tertiary/aromatic N) is 1. The molecule has 0 N–H and O–H groups in total. The Bertz CT molecular complexity index is 751. The van der Waals surface area contributed by atoms with Gasteiger partial charge in [-0.3, -0.25) is 0 Å². The van der Waals surface area contributed by atoms with Crippen molar-refractivity contribution < 1.29 is 4.74 Å². The molecule has 3 rings (SSSR count). The van der Waals surface area contributed by atoms with E-state index in [1.165, 1.54) is 11.1 Å². The van der Waals surface area contributed by atoms with Crippen molar-refractivity contribution in [2.75, 3.05) is 18.6 Å². The third-order valence-corrected chi connectivity index (χ3v) is 3.66. The molecule has 1 aliphatic heterocycles. The van der Waals surface area contributed by atoms with E-state index < -0.39 is 0 Å². The predicted molar refractivity (Wildman–Crippen MR) is 95.9 cm³/mol. The highest BCUT2D eigenvalue weighted by Crippen LogP contribution is 2.27. The smallest absolute Gasteiger partial charge is 0.113 e. The molecule has 0 radical (unpaired) electrons. The van der Waals surface area contributed by atoms with E-state index in [4.69, 9.17) is 4.74 Å². The van der Waals surface area contributed by atoms with Crippen LogP contribution in [0, 0.1) is 11.8 Å². The molecule has 23 heavy (non-hydrogen) atoms. The largest absolute Gasteiger partial charge is 0.372 e. The summed E-state index contributed by atoms with van der Waals surface area (Å²) in [5, 5.41) is 0. The average molecular weight is 301 g/mol. The van der Waals surface area contributed by atoms with Crippen molar-refractivity contribution in [3.05, 3.63) is 84.6 Å². The fourth-order valence-electron chi connectivity index (χ4n) is 2.53. The van der Waals surface area contributed by atoms with Crippen LogP contribution in [0.15, 0.2) is 79.0 Å². The van der Waals surface area contributed by atoms with E-state index in [1.54, 1.807) is 7.11 Å². The second-order valence-electron chi connectivity index (χ2n) is 5.25. The summed E-state index contributed by atoms with van der Waals surface area (Å²) in [7, 11) is 1.66. The minimum absolute atomic E-state index is 0.0139. The summed E-state index contributed by atoms with van der Waals surface area (Å²) in [6.07, 6.45) is 6.44.